The third kappa shape index (κ3) is 7.26. The predicted molar refractivity (Wildman–Crippen MR) is 115 cm³/mol. The van der Waals surface area contributed by atoms with Crippen molar-refractivity contribution in [2.75, 3.05) is 33.5 Å². The van der Waals surface area contributed by atoms with Gasteiger partial charge in [0.1, 0.15) is 22.1 Å². The Bertz CT molecular complexity index is 1140. The number of ether oxygens (including phenoxy) is 3. The smallest absolute Gasteiger partial charge is 0.265 e. The van der Waals surface area contributed by atoms with Crippen LogP contribution in [0.3, 0.4) is 0 Å². The summed E-state index contributed by atoms with van der Waals surface area (Å²) in [5.74, 6) is -0.678. The van der Waals surface area contributed by atoms with Crippen LogP contribution < -0.4 is 14.6 Å². The Morgan fingerprint density at radius 3 is 2.29 bits per heavy atom. The van der Waals surface area contributed by atoms with Crippen molar-refractivity contribution in [2.45, 2.75) is 9.79 Å². The number of hydrogen-bond donors (Lipinski definition) is 2. The van der Waals surface area contributed by atoms with Crippen LogP contribution in [0.1, 0.15) is 10.4 Å². The van der Waals surface area contributed by atoms with E-state index in [4.69, 9.17) is 19.3 Å². The Balaban J connectivity index is 2.15. The number of carbonyl (C=O) groups is 1. The maximum absolute atomic E-state index is 12.6. The number of hydrogen-bond acceptors (Lipinski definition) is 8. The van der Waals surface area contributed by atoms with Crippen molar-refractivity contribution in [3.63, 3.8) is 0 Å². The van der Waals surface area contributed by atoms with Crippen molar-refractivity contribution in [1.29, 1.82) is 0 Å². The number of rotatable bonds is 11. The Morgan fingerprint density at radius 2 is 1.65 bits per heavy atom. The van der Waals surface area contributed by atoms with Gasteiger partial charge in [-0.25, -0.2) is 26.7 Å². The molecule has 0 unspecified atom stereocenters. The summed E-state index contributed by atoms with van der Waals surface area (Å²) < 4.78 is 66.7. The molecule has 1 amide bonds. The molecule has 0 saturated heterocycles. The molecule has 2 aromatic carbocycles. The van der Waals surface area contributed by atoms with Gasteiger partial charge >= 0.3 is 0 Å². The van der Waals surface area contributed by atoms with Gasteiger partial charge in [0.25, 0.3) is 15.9 Å². The zero-order chi connectivity index (χ0) is 23.1. The summed E-state index contributed by atoms with van der Waals surface area (Å²) in [6, 6.07) is 8.94. The van der Waals surface area contributed by atoms with E-state index in [0.29, 0.717) is 23.4 Å². The number of primary sulfonamides is 1. The molecule has 0 radical (unpaired) electrons. The second kappa shape index (κ2) is 11.0. The lowest BCUT2D eigenvalue weighted by molar-refractivity contribution is 0.0543. The molecular weight excluding hydrogens is 516 g/mol. The largest absolute Gasteiger partial charge is 0.490 e. The van der Waals surface area contributed by atoms with Crippen molar-refractivity contribution in [3.8, 4) is 5.75 Å². The molecule has 0 bridgehead atoms. The average molecular weight is 537 g/mol. The van der Waals surface area contributed by atoms with Crippen LogP contribution in [0.4, 0.5) is 0 Å². The lowest BCUT2D eigenvalue weighted by Crippen LogP contribution is -2.32. The molecule has 31 heavy (non-hydrogen) atoms. The first kappa shape index (κ1) is 25.2. The van der Waals surface area contributed by atoms with Crippen LogP contribution in [-0.4, -0.2) is 56.3 Å². The maximum atomic E-state index is 12.6. The van der Waals surface area contributed by atoms with Crippen molar-refractivity contribution in [1.82, 2.24) is 4.72 Å². The Hall–Kier alpha value is -2.03. The summed E-state index contributed by atoms with van der Waals surface area (Å²) in [5.41, 5.74) is -0.0184. The topological polar surface area (TPSA) is 151 Å². The first-order valence-corrected chi connectivity index (χ1v) is 12.6. The number of amides is 1. The number of nitrogens with two attached hydrogens (primary N) is 1. The molecule has 0 aliphatic rings. The van der Waals surface area contributed by atoms with Crippen molar-refractivity contribution in [2.24, 2.45) is 5.14 Å². The second-order valence-corrected chi connectivity index (χ2v) is 10.1. The minimum absolute atomic E-state index is 0.0184. The standard InChI is InChI=1S/C18H21BrN2O8S2/c1-27-8-9-28-10-11-29-15-12-13(6-7-14(15)19)18(22)21-31(25,26)17-5-3-2-4-16(17)30(20,23)24/h2-7,12H,8-11H2,1H3,(H,21,22)(H2,20,23,24). The van der Waals surface area contributed by atoms with Crippen LogP contribution in [0.2, 0.25) is 0 Å². The fourth-order valence-electron chi connectivity index (χ4n) is 2.35. The monoisotopic (exact) mass is 536 g/mol. The third-order valence-electron chi connectivity index (χ3n) is 3.78. The summed E-state index contributed by atoms with van der Waals surface area (Å²) in [4.78, 5) is 11.3. The van der Waals surface area contributed by atoms with E-state index in [1.54, 1.807) is 7.11 Å². The van der Waals surface area contributed by atoms with Gasteiger partial charge < -0.3 is 14.2 Å². The first-order valence-electron chi connectivity index (χ1n) is 8.74. The SMILES string of the molecule is COCCOCCOc1cc(C(=O)NS(=O)(=O)c2ccccc2S(N)(=O)=O)ccc1Br. The Morgan fingerprint density at radius 1 is 1.00 bits per heavy atom. The number of halogens is 1. The molecular formula is C18H21BrN2O8S2. The minimum atomic E-state index is -4.52. The third-order valence-corrected chi connectivity index (χ3v) is 6.93. The highest BCUT2D eigenvalue weighted by Crippen LogP contribution is 2.26. The predicted octanol–water partition coefficient (Wildman–Crippen LogP) is 1.26. The molecule has 2 aromatic rings. The molecule has 170 valence electrons. The molecule has 0 aliphatic carbocycles. The molecule has 0 heterocycles. The molecule has 2 rings (SSSR count). The molecule has 10 nitrogen and oxygen atoms in total. The number of benzene rings is 2. The minimum Gasteiger partial charge on any atom is -0.490 e. The highest BCUT2D eigenvalue weighted by molar-refractivity contribution is 9.10. The highest BCUT2D eigenvalue weighted by Gasteiger charge is 2.26. The van der Waals surface area contributed by atoms with Gasteiger partial charge in [0.2, 0.25) is 10.0 Å². The second-order valence-electron chi connectivity index (χ2n) is 6.03. The Labute approximate surface area is 188 Å². The van der Waals surface area contributed by atoms with E-state index >= 15 is 0 Å². The van der Waals surface area contributed by atoms with E-state index in [1.165, 1.54) is 30.3 Å². The lowest BCUT2D eigenvalue weighted by Gasteiger charge is -2.12. The summed E-state index contributed by atoms with van der Waals surface area (Å²) in [6.07, 6.45) is 0. The number of sulfonamides is 2. The van der Waals surface area contributed by atoms with Crippen molar-refractivity contribution >= 4 is 41.9 Å². The van der Waals surface area contributed by atoms with Gasteiger partial charge in [-0.05, 0) is 46.3 Å². The van der Waals surface area contributed by atoms with Crippen LogP contribution in [0.25, 0.3) is 0 Å². The zero-order valence-corrected chi connectivity index (χ0v) is 19.6. The van der Waals surface area contributed by atoms with Gasteiger partial charge in [-0.2, -0.15) is 0 Å². The highest BCUT2D eigenvalue weighted by atomic mass is 79.9. The van der Waals surface area contributed by atoms with E-state index in [2.05, 4.69) is 15.9 Å². The van der Waals surface area contributed by atoms with Gasteiger partial charge in [-0.1, -0.05) is 12.1 Å². The quantitative estimate of drug-likeness (QED) is 0.407. The summed E-state index contributed by atoms with van der Waals surface area (Å²) in [6.45, 7) is 1.32. The van der Waals surface area contributed by atoms with Gasteiger partial charge in [0.05, 0.1) is 24.3 Å². The van der Waals surface area contributed by atoms with Gasteiger partial charge in [-0.15, -0.1) is 0 Å². The van der Waals surface area contributed by atoms with E-state index < -0.39 is 35.7 Å². The molecule has 0 aromatic heterocycles. The number of nitrogens with one attached hydrogen (secondary N) is 1. The Kier molecular flexibility index (Phi) is 8.97. The van der Waals surface area contributed by atoms with Gasteiger partial charge in [0, 0.05) is 12.7 Å². The summed E-state index contributed by atoms with van der Waals surface area (Å²) >= 11 is 3.29. The summed E-state index contributed by atoms with van der Waals surface area (Å²) in [7, 11) is -7.29. The van der Waals surface area contributed by atoms with E-state index in [0.717, 1.165) is 12.1 Å². The summed E-state index contributed by atoms with van der Waals surface area (Å²) in [5, 5.41) is 5.07. The van der Waals surface area contributed by atoms with E-state index in [9.17, 15) is 21.6 Å². The zero-order valence-electron chi connectivity index (χ0n) is 16.4. The van der Waals surface area contributed by atoms with Gasteiger partial charge in [-0.3, -0.25) is 4.79 Å². The van der Waals surface area contributed by atoms with Crippen LogP contribution in [0.15, 0.2) is 56.7 Å². The van der Waals surface area contributed by atoms with Crippen LogP contribution >= 0.6 is 15.9 Å². The van der Waals surface area contributed by atoms with E-state index in [1.807, 2.05) is 4.72 Å². The van der Waals surface area contributed by atoms with Crippen molar-refractivity contribution < 1.29 is 35.8 Å². The molecule has 0 atom stereocenters. The first-order chi connectivity index (χ1) is 14.6. The van der Waals surface area contributed by atoms with Crippen LogP contribution in [0, 0.1) is 0 Å². The lowest BCUT2D eigenvalue weighted by atomic mass is 10.2. The maximum Gasteiger partial charge on any atom is 0.265 e. The fourth-order valence-corrected chi connectivity index (χ4v) is 5.07. The number of carbonyl (C=O) groups excluding carboxylic acids is 1. The van der Waals surface area contributed by atoms with Crippen LogP contribution in [0.5, 0.6) is 5.75 Å². The van der Waals surface area contributed by atoms with E-state index in [-0.39, 0.29) is 18.8 Å². The molecule has 13 heteroatoms. The fraction of sp³-hybridized carbons (Fsp3) is 0.278. The molecule has 0 spiro atoms. The molecule has 0 aliphatic heterocycles. The van der Waals surface area contributed by atoms with Crippen molar-refractivity contribution in [3.05, 3.63) is 52.5 Å². The number of methoxy groups -OCH3 is 1. The molecule has 3 N–H and O–H groups in total. The molecule has 0 fully saturated rings. The molecule has 0 saturated carbocycles. The van der Waals surface area contributed by atoms with Crippen LogP contribution in [-0.2, 0) is 29.5 Å². The normalized spacial score (nSPS) is 11.8. The van der Waals surface area contributed by atoms with Gasteiger partial charge in [0.15, 0.2) is 0 Å². The average Bonchev–Trinajstić information content (AvgIpc) is 2.70.